The van der Waals surface area contributed by atoms with Crippen molar-refractivity contribution in [3.63, 3.8) is 0 Å². The Bertz CT molecular complexity index is 170. The lowest BCUT2D eigenvalue weighted by molar-refractivity contribution is -0.127. The summed E-state index contributed by atoms with van der Waals surface area (Å²) < 4.78 is 34.9. The number of amides is 1. The van der Waals surface area contributed by atoms with Gasteiger partial charge in [-0.2, -0.15) is 13.2 Å². The molecule has 0 spiro atoms. The number of nitrogens with one attached hydrogen (secondary N) is 2. The van der Waals surface area contributed by atoms with Crippen LogP contribution in [0.2, 0.25) is 0 Å². The second-order valence-corrected chi connectivity index (χ2v) is 2.89. The van der Waals surface area contributed by atoms with Crippen molar-refractivity contribution < 1.29 is 18.0 Å². The van der Waals surface area contributed by atoms with E-state index in [4.69, 9.17) is 0 Å². The molecule has 3 nitrogen and oxygen atoms in total. The predicted molar refractivity (Wildman–Crippen MR) is 46.8 cm³/mol. The molecule has 0 aromatic carbocycles. The maximum Gasteiger partial charge on any atom is 0.401 e. The molecular weight excluding hydrogens is 197 g/mol. The van der Waals surface area contributed by atoms with Gasteiger partial charge < -0.3 is 10.6 Å². The van der Waals surface area contributed by atoms with Crippen LogP contribution in [0, 0.1) is 0 Å². The molecule has 14 heavy (non-hydrogen) atoms. The minimum Gasteiger partial charge on any atom is -0.356 e. The number of alkyl halides is 3. The van der Waals surface area contributed by atoms with Crippen LogP contribution in [-0.2, 0) is 4.79 Å². The average molecular weight is 212 g/mol. The summed E-state index contributed by atoms with van der Waals surface area (Å²) in [5, 5.41) is 4.72. The summed E-state index contributed by atoms with van der Waals surface area (Å²) in [7, 11) is 0. The monoisotopic (exact) mass is 212 g/mol. The van der Waals surface area contributed by atoms with Crippen LogP contribution in [0.1, 0.15) is 19.8 Å². The summed E-state index contributed by atoms with van der Waals surface area (Å²) in [6.45, 7) is 1.48. The molecule has 0 fully saturated rings. The molecule has 0 heterocycles. The Morgan fingerprint density at radius 1 is 1.29 bits per heavy atom. The van der Waals surface area contributed by atoms with E-state index in [2.05, 4.69) is 10.6 Å². The number of carbonyl (C=O) groups excluding carboxylic acids is 1. The van der Waals surface area contributed by atoms with E-state index in [9.17, 15) is 18.0 Å². The smallest absolute Gasteiger partial charge is 0.356 e. The standard InChI is InChI=1S/C8H15F3N2O/c1-2-4-13-7(14)3-5-12-6-8(9,10)11/h12H,2-6H2,1H3,(H,13,14). The van der Waals surface area contributed by atoms with Crippen molar-refractivity contribution in [3.8, 4) is 0 Å². The number of halogens is 3. The normalized spacial score (nSPS) is 11.4. The van der Waals surface area contributed by atoms with Crippen molar-refractivity contribution >= 4 is 5.91 Å². The Kier molecular flexibility index (Phi) is 6.27. The van der Waals surface area contributed by atoms with Crippen molar-refractivity contribution in [2.45, 2.75) is 25.9 Å². The minimum atomic E-state index is -4.21. The summed E-state index contributed by atoms with van der Waals surface area (Å²) in [6, 6.07) is 0. The highest BCUT2D eigenvalue weighted by Crippen LogP contribution is 2.11. The quantitative estimate of drug-likeness (QED) is 0.646. The van der Waals surface area contributed by atoms with Crippen molar-refractivity contribution in [2.75, 3.05) is 19.6 Å². The van der Waals surface area contributed by atoms with Crippen LogP contribution in [0.15, 0.2) is 0 Å². The fourth-order valence-corrected chi connectivity index (χ4v) is 0.785. The molecule has 6 heteroatoms. The van der Waals surface area contributed by atoms with Crippen LogP contribution < -0.4 is 10.6 Å². The maximum absolute atomic E-state index is 11.6. The van der Waals surface area contributed by atoms with Crippen molar-refractivity contribution in [2.24, 2.45) is 0 Å². The molecule has 0 rings (SSSR count). The van der Waals surface area contributed by atoms with Gasteiger partial charge >= 0.3 is 6.18 Å². The summed E-state index contributed by atoms with van der Waals surface area (Å²) in [4.78, 5) is 10.9. The van der Waals surface area contributed by atoms with E-state index >= 15 is 0 Å². The highest BCUT2D eigenvalue weighted by atomic mass is 19.4. The van der Waals surface area contributed by atoms with E-state index in [0.29, 0.717) is 6.54 Å². The molecule has 84 valence electrons. The summed E-state index contributed by atoms with van der Waals surface area (Å²) in [5.74, 6) is -0.221. The fourth-order valence-electron chi connectivity index (χ4n) is 0.785. The first-order valence-electron chi connectivity index (χ1n) is 4.50. The molecule has 0 saturated carbocycles. The Labute approximate surface area is 81.1 Å². The number of rotatable bonds is 6. The molecule has 0 radical (unpaired) electrons. The Balaban J connectivity index is 3.32. The van der Waals surface area contributed by atoms with Crippen LogP contribution in [0.4, 0.5) is 13.2 Å². The first kappa shape index (κ1) is 13.2. The SMILES string of the molecule is CCCNC(=O)CCNCC(F)(F)F. The lowest BCUT2D eigenvalue weighted by Crippen LogP contribution is -2.33. The molecule has 0 aliphatic carbocycles. The maximum atomic E-state index is 11.6. The summed E-state index contributed by atoms with van der Waals surface area (Å²) in [5.41, 5.74) is 0. The van der Waals surface area contributed by atoms with Gasteiger partial charge in [0, 0.05) is 19.5 Å². The van der Waals surface area contributed by atoms with Crippen LogP contribution in [-0.4, -0.2) is 31.7 Å². The van der Waals surface area contributed by atoms with E-state index in [1.54, 1.807) is 0 Å². The number of hydrogen-bond acceptors (Lipinski definition) is 2. The van der Waals surface area contributed by atoms with E-state index < -0.39 is 12.7 Å². The second kappa shape index (κ2) is 6.64. The number of hydrogen-bond donors (Lipinski definition) is 2. The summed E-state index contributed by atoms with van der Waals surface area (Å²) >= 11 is 0. The third-order valence-electron chi connectivity index (χ3n) is 1.43. The molecule has 0 saturated heterocycles. The highest BCUT2D eigenvalue weighted by Gasteiger charge is 2.25. The molecule has 2 N–H and O–H groups in total. The van der Waals surface area contributed by atoms with Crippen molar-refractivity contribution in [1.82, 2.24) is 10.6 Å². The third-order valence-corrected chi connectivity index (χ3v) is 1.43. The van der Waals surface area contributed by atoms with Crippen LogP contribution in [0.25, 0.3) is 0 Å². The van der Waals surface area contributed by atoms with Gasteiger partial charge in [-0.25, -0.2) is 0 Å². The van der Waals surface area contributed by atoms with Gasteiger partial charge in [0.25, 0.3) is 0 Å². The van der Waals surface area contributed by atoms with Gasteiger partial charge in [-0.1, -0.05) is 6.92 Å². The Morgan fingerprint density at radius 2 is 1.93 bits per heavy atom. The molecule has 0 unspecified atom stereocenters. The predicted octanol–water partition coefficient (Wildman–Crippen LogP) is 1.05. The zero-order valence-electron chi connectivity index (χ0n) is 8.08. The van der Waals surface area contributed by atoms with Gasteiger partial charge in [-0.05, 0) is 6.42 Å². The van der Waals surface area contributed by atoms with E-state index in [1.807, 2.05) is 6.92 Å². The lowest BCUT2D eigenvalue weighted by atomic mass is 10.3. The first-order valence-corrected chi connectivity index (χ1v) is 4.50. The topological polar surface area (TPSA) is 41.1 Å². The highest BCUT2D eigenvalue weighted by molar-refractivity contribution is 5.75. The first-order chi connectivity index (χ1) is 6.45. The molecule has 0 bridgehead atoms. The lowest BCUT2D eigenvalue weighted by Gasteiger charge is -2.07. The van der Waals surface area contributed by atoms with E-state index in [1.165, 1.54) is 0 Å². The Hall–Kier alpha value is -0.780. The van der Waals surface area contributed by atoms with Crippen molar-refractivity contribution in [1.29, 1.82) is 0 Å². The molecular formula is C8H15F3N2O. The summed E-state index contributed by atoms with van der Waals surface area (Å²) in [6.07, 6.45) is -3.31. The molecule has 0 atom stereocenters. The number of carbonyl (C=O) groups is 1. The molecule has 0 aliphatic heterocycles. The van der Waals surface area contributed by atoms with Gasteiger partial charge in [0.2, 0.25) is 5.91 Å². The molecule has 0 aromatic rings. The second-order valence-electron chi connectivity index (χ2n) is 2.89. The molecule has 0 aliphatic rings. The third kappa shape index (κ3) is 9.31. The van der Waals surface area contributed by atoms with Crippen LogP contribution in [0.3, 0.4) is 0 Å². The zero-order chi connectivity index (χ0) is 11.0. The van der Waals surface area contributed by atoms with Gasteiger partial charge in [0.1, 0.15) is 0 Å². The zero-order valence-corrected chi connectivity index (χ0v) is 8.08. The van der Waals surface area contributed by atoms with Gasteiger partial charge in [0.15, 0.2) is 0 Å². The Morgan fingerprint density at radius 3 is 2.43 bits per heavy atom. The average Bonchev–Trinajstić information content (AvgIpc) is 2.07. The van der Waals surface area contributed by atoms with E-state index in [-0.39, 0.29) is 18.9 Å². The van der Waals surface area contributed by atoms with Gasteiger partial charge in [-0.3, -0.25) is 4.79 Å². The van der Waals surface area contributed by atoms with Gasteiger partial charge in [0.05, 0.1) is 6.54 Å². The largest absolute Gasteiger partial charge is 0.401 e. The fraction of sp³-hybridized carbons (Fsp3) is 0.875. The van der Waals surface area contributed by atoms with Crippen LogP contribution >= 0.6 is 0 Å². The molecule has 1 amide bonds. The molecule has 0 aromatic heterocycles. The minimum absolute atomic E-state index is 0.0507. The van der Waals surface area contributed by atoms with E-state index in [0.717, 1.165) is 6.42 Å². The van der Waals surface area contributed by atoms with Crippen LogP contribution in [0.5, 0.6) is 0 Å². The van der Waals surface area contributed by atoms with Crippen molar-refractivity contribution in [3.05, 3.63) is 0 Å². The van der Waals surface area contributed by atoms with Gasteiger partial charge in [-0.15, -0.1) is 0 Å².